The molecule has 1 N–H and O–H groups in total. The molecular formula is C17H19FN2O4. The van der Waals surface area contributed by atoms with Gasteiger partial charge in [0.2, 0.25) is 5.91 Å². The smallest absolute Gasteiger partial charge is 0.286 e. The molecule has 24 heavy (non-hydrogen) atoms. The first-order valence-corrected chi connectivity index (χ1v) is 7.51. The van der Waals surface area contributed by atoms with Crippen molar-refractivity contribution in [2.75, 3.05) is 26.7 Å². The van der Waals surface area contributed by atoms with Crippen molar-refractivity contribution in [1.29, 1.82) is 0 Å². The van der Waals surface area contributed by atoms with Crippen molar-refractivity contribution < 1.29 is 23.1 Å². The normalized spacial score (nSPS) is 10.2. The summed E-state index contributed by atoms with van der Waals surface area (Å²) < 4.78 is 23.6. The monoisotopic (exact) mass is 334 g/mol. The van der Waals surface area contributed by atoms with Crippen molar-refractivity contribution in [3.8, 4) is 5.75 Å². The Bertz CT molecular complexity index is 673. The summed E-state index contributed by atoms with van der Waals surface area (Å²) in [6.07, 6.45) is 1.56. The summed E-state index contributed by atoms with van der Waals surface area (Å²) in [5.41, 5.74) is 0. The summed E-state index contributed by atoms with van der Waals surface area (Å²) in [5, 5.41) is 2.60. The number of carbonyl (C=O) groups is 2. The highest BCUT2D eigenvalue weighted by atomic mass is 19.1. The van der Waals surface area contributed by atoms with E-state index in [1.165, 1.54) is 23.3 Å². The summed E-state index contributed by atoms with van der Waals surface area (Å²) >= 11 is 0. The minimum atomic E-state index is -0.438. The topological polar surface area (TPSA) is 71.8 Å². The van der Waals surface area contributed by atoms with Crippen LogP contribution in [0.3, 0.4) is 0 Å². The van der Waals surface area contributed by atoms with Gasteiger partial charge in [-0.3, -0.25) is 9.59 Å². The quantitative estimate of drug-likeness (QED) is 0.802. The Morgan fingerprint density at radius 1 is 1.25 bits per heavy atom. The standard InChI is InChI=1S/C17H19FN2O4/c1-20(10-12-24-14-6-3-2-5-13(14)18)16(21)8-9-19-17(22)15-7-4-11-23-15/h2-7,11H,8-10,12H2,1H3,(H,19,22). The molecule has 7 heteroatoms. The van der Waals surface area contributed by atoms with Crippen molar-refractivity contribution in [3.63, 3.8) is 0 Å². The number of ether oxygens (including phenoxy) is 1. The molecule has 2 amide bonds. The molecule has 0 aliphatic heterocycles. The van der Waals surface area contributed by atoms with Gasteiger partial charge >= 0.3 is 0 Å². The second-order valence-corrected chi connectivity index (χ2v) is 5.08. The molecule has 2 aromatic rings. The molecule has 0 aliphatic rings. The number of halogens is 1. The van der Waals surface area contributed by atoms with E-state index in [-0.39, 0.29) is 42.9 Å². The zero-order valence-electron chi connectivity index (χ0n) is 13.3. The van der Waals surface area contributed by atoms with E-state index in [4.69, 9.17) is 9.15 Å². The van der Waals surface area contributed by atoms with E-state index < -0.39 is 5.82 Å². The van der Waals surface area contributed by atoms with E-state index in [1.807, 2.05) is 0 Å². The molecule has 6 nitrogen and oxygen atoms in total. The molecular weight excluding hydrogens is 315 g/mol. The zero-order valence-corrected chi connectivity index (χ0v) is 13.3. The van der Waals surface area contributed by atoms with E-state index in [0.29, 0.717) is 6.54 Å². The average Bonchev–Trinajstić information content (AvgIpc) is 3.11. The number of hydrogen-bond acceptors (Lipinski definition) is 4. The molecule has 0 fully saturated rings. The maximum absolute atomic E-state index is 13.4. The molecule has 128 valence electrons. The summed E-state index contributed by atoms with van der Waals surface area (Å²) in [6.45, 7) is 0.706. The van der Waals surface area contributed by atoms with Crippen LogP contribution in [0.4, 0.5) is 4.39 Å². The van der Waals surface area contributed by atoms with Crippen molar-refractivity contribution in [1.82, 2.24) is 10.2 Å². The Balaban J connectivity index is 1.65. The van der Waals surface area contributed by atoms with E-state index in [1.54, 1.807) is 31.3 Å². The highest BCUT2D eigenvalue weighted by Gasteiger charge is 2.12. The predicted octanol–water partition coefficient (Wildman–Crippen LogP) is 2.08. The number of rotatable bonds is 8. The molecule has 0 bridgehead atoms. The minimum Gasteiger partial charge on any atom is -0.489 e. The number of furan rings is 1. The van der Waals surface area contributed by atoms with Gasteiger partial charge in [-0.25, -0.2) is 4.39 Å². The van der Waals surface area contributed by atoms with Crippen LogP contribution in [-0.4, -0.2) is 43.5 Å². The molecule has 0 saturated carbocycles. The van der Waals surface area contributed by atoms with Crippen LogP contribution in [-0.2, 0) is 4.79 Å². The maximum Gasteiger partial charge on any atom is 0.286 e. The van der Waals surface area contributed by atoms with Crippen LogP contribution in [0.15, 0.2) is 47.1 Å². The lowest BCUT2D eigenvalue weighted by Crippen LogP contribution is -2.34. The fourth-order valence-corrected chi connectivity index (χ4v) is 1.95. The number of amides is 2. The molecule has 0 atom stereocenters. The molecule has 0 radical (unpaired) electrons. The van der Waals surface area contributed by atoms with Crippen LogP contribution < -0.4 is 10.1 Å². The van der Waals surface area contributed by atoms with E-state index in [2.05, 4.69) is 5.32 Å². The van der Waals surface area contributed by atoms with Crippen LogP contribution >= 0.6 is 0 Å². The minimum absolute atomic E-state index is 0.146. The molecule has 1 aromatic carbocycles. The molecule has 0 spiro atoms. The zero-order chi connectivity index (χ0) is 17.4. The third-order valence-electron chi connectivity index (χ3n) is 3.32. The lowest BCUT2D eigenvalue weighted by molar-refractivity contribution is -0.130. The lowest BCUT2D eigenvalue weighted by atomic mass is 10.3. The van der Waals surface area contributed by atoms with Gasteiger partial charge in [0.25, 0.3) is 5.91 Å². The first-order valence-electron chi connectivity index (χ1n) is 7.51. The summed E-state index contributed by atoms with van der Waals surface area (Å²) in [6, 6.07) is 9.25. The Morgan fingerprint density at radius 2 is 2.04 bits per heavy atom. The van der Waals surface area contributed by atoms with Crippen LogP contribution in [0.5, 0.6) is 5.75 Å². The number of para-hydroxylation sites is 1. The summed E-state index contributed by atoms with van der Waals surface area (Å²) in [4.78, 5) is 25.0. The number of likely N-dealkylation sites (N-methyl/N-ethyl adjacent to an activating group) is 1. The maximum atomic E-state index is 13.4. The van der Waals surface area contributed by atoms with Crippen LogP contribution in [0, 0.1) is 5.82 Å². The van der Waals surface area contributed by atoms with Crippen LogP contribution in [0.25, 0.3) is 0 Å². The largest absolute Gasteiger partial charge is 0.489 e. The van der Waals surface area contributed by atoms with Crippen LogP contribution in [0.1, 0.15) is 17.0 Å². The van der Waals surface area contributed by atoms with Gasteiger partial charge in [-0.05, 0) is 24.3 Å². The average molecular weight is 334 g/mol. The second kappa shape index (κ2) is 8.71. The molecule has 0 aliphatic carbocycles. The van der Waals surface area contributed by atoms with Gasteiger partial charge in [0.05, 0.1) is 12.8 Å². The van der Waals surface area contributed by atoms with Gasteiger partial charge in [0, 0.05) is 20.0 Å². The van der Waals surface area contributed by atoms with Gasteiger partial charge in [0.15, 0.2) is 17.3 Å². The van der Waals surface area contributed by atoms with E-state index in [9.17, 15) is 14.0 Å². The summed E-state index contributed by atoms with van der Waals surface area (Å²) in [5.74, 6) is -0.588. The van der Waals surface area contributed by atoms with Gasteiger partial charge in [-0.1, -0.05) is 12.1 Å². The molecule has 2 rings (SSSR count). The first kappa shape index (κ1) is 17.5. The third-order valence-corrected chi connectivity index (χ3v) is 3.32. The van der Waals surface area contributed by atoms with E-state index in [0.717, 1.165) is 0 Å². The second-order valence-electron chi connectivity index (χ2n) is 5.08. The fraction of sp³-hybridized carbons (Fsp3) is 0.294. The molecule has 1 aromatic heterocycles. The highest BCUT2D eigenvalue weighted by Crippen LogP contribution is 2.14. The van der Waals surface area contributed by atoms with Crippen molar-refractivity contribution in [2.45, 2.75) is 6.42 Å². The van der Waals surface area contributed by atoms with Gasteiger partial charge in [-0.15, -0.1) is 0 Å². The van der Waals surface area contributed by atoms with Crippen molar-refractivity contribution in [2.24, 2.45) is 0 Å². The van der Waals surface area contributed by atoms with E-state index >= 15 is 0 Å². The SMILES string of the molecule is CN(CCOc1ccccc1F)C(=O)CCNC(=O)c1ccco1. The molecule has 1 heterocycles. The lowest BCUT2D eigenvalue weighted by Gasteiger charge is -2.17. The Kier molecular flexibility index (Phi) is 6.36. The molecule has 0 saturated heterocycles. The van der Waals surface area contributed by atoms with Gasteiger partial charge < -0.3 is 19.4 Å². The number of benzene rings is 1. The number of nitrogens with one attached hydrogen (secondary N) is 1. The predicted molar refractivity (Wildman–Crippen MR) is 85.2 cm³/mol. The molecule has 0 unspecified atom stereocenters. The van der Waals surface area contributed by atoms with Crippen molar-refractivity contribution >= 4 is 11.8 Å². The Morgan fingerprint density at radius 3 is 2.75 bits per heavy atom. The number of carbonyl (C=O) groups excluding carboxylic acids is 2. The van der Waals surface area contributed by atoms with Gasteiger partial charge in [-0.2, -0.15) is 0 Å². The summed E-state index contributed by atoms with van der Waals surface area (Å²) in [7, 11) is 1.63. The van der Waals surface area contributed by atoms with Crippen LogP contribution in [0.2, 0.25) is 0 Å². The third kappa shape index (κ3) is 5.12. The first-order chi connectivity index (χ1) is 11.6. The van der Waals surface area contributed by atoms with Crippen molar-refractivity contribution in [3.05, 3.63) is 54.2 Å². The highest BCUT2D eigenvalue weighted by molar-refractivity contribution is 5.91. The number of hydrogen-bond donors (Lipinski definition) is 1. The Labute approximate surface area is 139 Å². The number of nitrogens with zero attached hydrogens (tertiary/aromatic N) is 1. The fourth-order valence-electron chi connectivity index (χ4n) is 1.95. The van der Waals surface area contributed by atoms with Gasteiger partial charge in [0.1, 0.15) is 6.61 Å². The Hall–Kier alpha value is -2.83.